The molecule has 5 nitrogen and oxygen atoms in total. The Balaban J connectivity index is 1.98. The van der Waals surface area contributed by atoms with Gasteiger partial charge in [0.15, 0.2) is 5.82 Å². The smallest absolute Gasteiger partial charge is 0.303 e. The van der Waals surface area contributed by atoms with Crippen molar-refractivity contribution in [2.45, 2.75) is 45.4 Å². The molecule has 0 aromatic carbocycles. The normalized spacial score (nSPS) is 16.4. The third-order valence-electron chi connectivity index (χ3n) is 2.77. The van der Waals surface area contributed by atoms with Gasteiger partial charge < -0.3 is 5.11 Å². The first-order chi connectivity index (χ1) is 7.46. The molecule has 1 fully saturated rings. The maximum Gasteiger partial charge on any atom is 0.303 e. The molecule has 1 aromatic rings. The number of aromatic amines is 1. The number of carboxylic acids is 1. The van der Waals surface area contributed by atoms with E-state index in [0.717, 1.165) is 11.6 Å². The van der Waals surface area contributed by atoms with Crippen LogP contribution in [0.3, 0.4) is 0 Å². The first kappa shape index (κ1) is 11.1. The Kier molecular flexibility index (Phi) is 2.69. The fourth-order valence-electron chi connectivity index (χ4n) is 1.84. The second-order valence-corrected chi connectivity index (χ2v) is 5.33. The summed E-state index contributed by atoms with van der Waals surface area (Å²) in [6.07, 6.45) is 3.12. The molecule has 1 aliphatic carbocycles. The molecule has 0 unspecified atom stereocenters. The van der Waals surface area contributed by atoms with Crippen LogP contribution in [0.5, 0.6) is 0 Å². The summed E-state index contributed by atoms with van der Waals surface area (Å²) in [6, 6.07) is 0. The van der Waals surface area contributed by atoms with Crippen LogP contribution in [0.4, 0.5) is 0 Å². The molecule has 88 valence electrons. The number of H-pyrrole nitrogens is 1. The van der Waals surface area contributed by atoms with E-state index in [9.17, 15) is 4.79 Å². The molecule has 0 spiro atoms. The zero-order chi connectivity index (χ0) is 11.8. The van der Waals surface area contributed by atoms with Crippen molar-refractivity contribution in [3.05, 3.63) is 11.6 Å². The van der Waals surface area contributed by atoms with Gasteiger partial charge in [0, 0.05) is 12.3 Å². The van der Waals surface area contributed by atoms with Crippen LogP contribution in [0.25, 0.3) is 0 Å². The van der Waals surface area contributed by atoms with Crippen LogP contribution in [-0.4, -0.2) is 26.3 Å². The van der Waals surface area contributed by atoms with Crippen LogP contribution in [0, 0.1) is 5.41 Å². The third-order valence-corrected chi connectivity index (χ3v) is 2.77. The highest BCUT2D eigenvalue weighted by molar-refractivity contribution is 5.67. The molecule has 5 heteroatoms. The second-order valence-electron chi connectivity index (χ2n) is 5.33. The Hall–Kier alpha value is -1.39. The van der Waals surface area contributed by atoms with Gasteiger partial charge in [-0.15, -0.1) is 0 Å². The van der Waals surface area contributed by atoms with Crippen molar-refractivity contribution < 1.29 is 9.90 Å². The van der Waals surface area contributed by atoms with Gasteiger partial charge in [-0.25, -0.2) is 4.98 Å². The number of nitrogens with zero attached hydrogens (tertiary/aromatic N) is 2. The van der Waals surface area contributed by atoms with E-state index < -0.39 is 5.97 Å². The lowest BCUT2D eigenvalue weighted by atomic mass is 9.85. The summed E-state index contributed by atoms with van der Waals surface area (Å²) >= 11 is 0. The molecule has 16 heavy (non-hydrogen) atoms. The van der Waals surface area contributed by atoms with Crippen molar-refractivity contribution in [1.82, 2.24) is 15.2 Å². The molecule has 1 heterocycles. The van der Waals surface area contributed by atoms with Crippen LogP contribution >= 0.6 is 0 Å². The maximum atomic E-state index is 10.7. The minimum atomic E-state index is -0.771. The minimum Gasteiger partial charge on any atom is -0.481 e. The van der Waals surface area contributed by atoms with Gasteiger partial charge in [-0.1, -0.05) is 13.8 Å². The molecule has 2 rings (SSSR count). The Morgan fingerprint density at radius 2 is 2.25 bits per heavy atom. The van der Waals surface area contributed by atoms with Gasteiger partial charge in [0.1, 0.15) is 5.82 Å². The highest BCUT2D eigenvalue weighted by Crippen LogP contribution is 2.38. The number of aliphatic carboxylic acids is 1. The number of aromatic nitrogens is 3. The van der Waals surface area contributed by atoms with Gasteiger partial charge in [-0.05, 0) is 18.3 Å². The largest absolute Gasteiger partial charge is 0.481 e. The monoisotopic (exact) mass is 223 g/mol. The highest BCUT2D eigenvalue weighted by Gasteiger charge is 2.29. The van der Waals surface area contributed by atoms with E-state index in [2.05, 4.69) is 15.2 Å². The zero-order valence-electron chi connectivity index (χ0n) is 9.66. The molecule has 1 aliphatic rings. The summed E-state index contributed by atoms with van der Waals surface area (Å²) in [5.41, 5.74) is -0.286. The standard InChI is InChI=1S/C11H17N3O2/c1-11(2,6-9(15)16)5-8-12-10(14-13-8)7-3-4-7/h7H,3-6H2,1-2H3,(H,15,16)(H,12,13,14). The fourth-order valence-corrected chi connectivity index (χ4v) is 1.84. The lowest BCUT2D eigenvalue weighted by Gasteiger charge is -2.20. The molecule has 0 aliphatic heterocycles. The molecule has 0 bridgehead atoms. The number of carbonyl (C=O) groups is 1. The van der Waals surface area contributed by atoms with Crippen molar-refractivity contribution in [3.8, 4) is 0 Å². The molecular formula is C11H17N3O2. The van der Waals surface area contributed by atoms with Gasteiger partial charge in [0.2, 0.25) is 0 Å². The summed E-state index contributed by atoms with van der Waals surface area (Å²) in [7, 11) is 0. The molecular weight excluding hydrogens is 206 g/mol. The molecule has 0 saturated heterocycles. The van der Waals surface area contributed by atoms with E-state index in [0.29, 0.717) is 12.3 Å². The average Bonchev–Trinajstić information content (AvgIpc) is 2.86. The molecule has 1 saturated carbocycles. The summed E-state index contributed by atoms with van der Waals surface area (Å²) < 4.78 is 0. The fraction of sp³-hybridized carbons (Fsp3) is 0.727. The number of hydrogen-bond acceptors (Lipinski definition) is 3. The summed E-state index contributed by atoms with van der Waals surface area (Å²) in [6.45, 7) is 3.86. The Morgan fingerprint density at radius 3 is 2.81 bits per heavy atom. The molecule has 0 atom stereocenters. The molecule has 1 aromatic heterocycles. The first-order valence-corrected chi connectivity index (χ1v) is 5.59. The van der Waals surface area contributed by atoms with E-state index in [1.54, 1.807) is 0 Å². The van der Waals surface area contributed by atoms with Crippen LogP contribution in [0.2, 0.25) is 0 Å². The van der Waals surface area contributed by atoms with Gasteiger partial charge in [0.05, 0.1) is 6.42 Å². The predicted molar refractivity (Wildman–Crippen MR) is 58.1 cm³/mol. The summed E-state index contributed by atoms with van der Waals surface area (Å²) in [5, 5.41) is 15.8. The van der Waals surface area contributed by atoms with Crippen molar-refractivity contribution in [1.29, 1.82) is 0 Å². The topological polar surface area (TPSA) is 78.9 Å². The zero-order valence-corrected chi connectivity index (χ0v) is 9.66. The lowest BCUT2D eigenvalue weighted by molar-refractivity contribution is -0.139. The number of rotatable bonds is 5. The minimum absolute atomic E-state index is 0.145. The lowest BCUT2D eigenvalue weighted by Crippen LogP contribution is -2.20. The number of nitrogens with one attached hydrogen (secondary N) is 1. The van der Waals surface area contributed by atoms with E-state index in [1.807, 2.05) is 13.8 Å². The van der Waals surface area contributed by atoms with E-state index >= 15 is 0 Å². The van der Waals surface area contributed by atoms with Gasteiger partial charge in [-0.2, -0.15) is 5.10 Å². The quantitative estimate of drug-likeness (QED) is 0.796. The maximum absolute atomic E-state index is 10.7. The third kappa shape index (κ3) is 2.81. The second kappa shape index (κ2) is 3.88. The van der Waals surface area contributed by atoms with E-state index in [1.165, 1.54) is 12.8 Å². The molecule has 0 radical (unpaired) electrons. The number of hydrogen-bond donors (Lipinski definition) is 2. The Bertz CT molecular complexity index is 394. The van der Waals surface area contributed by atoms with E-state index in [4.69, 9.17) is 5.11 Å². The van der Waals surface area contributed by atoms with Gasteiger partial charge >= 0.3 is 5.97 Å². The van der Waals surface area contributed by atoms with Crippen LogP contribution in [0.15, 0.2) is 0 Å². The SMILES string of the molecule is CC(C)(CC(=O)O)Cc1nc(C2CC2)n[nH]1. The van der Waals surface area contributed by atoms with Gasteiger partial charge in [-0.3, -0.25) is 9.89 Å². The van der Waals surface area contributed by atoms with Crippen LogP contribution in [0.1, 0.15) is 50.7 Å². The summed E-state index contributed by atoms with van der Waals surface area (Å²) in [4.78, 5) is 15.1. The number of carboxylic acid groups (broad SMARTS) is 1. The van der Waals surface area contributed by atoms with Crippen molar-refractivity contribution in [2.75, 3.05) is 0 Å². The predicted octanol–water partition coefficient (Wildman–Crippen LogP) is 1.73. The summed E-state index contributed by atoms with van der Waals surface area (Å²) in [5.74, 6) is 1.45. The average molecular weight is 223 g/mol. The van der Waals surface area contributed by atoms with Crippen LogP contribution in [-0.2, 0) is 11.2 Å². The van der Waals surface area contributed by atoms with Crippen molar-refractivity contribution >= 4 is 5.97 Å². The van der Waals surface area contributed by atoms with Crippen molar-refractivity contribution in [2.24, 2.45) is 5.41 Å². The molecule has 0 amide bonds. The Morgan fingerprint density at radius 1 is 1.56 bits per heavy atom. The highest BCUT2D eigenvalue weighted by atomic mass is 16.4. The van der Waals surface area contributed by atoms with Crippen LogP contribution < -0.4 is 0 Å². The Labute approximate surface area is 94.3 Å². The van der Waals surface area contributed by atoms with Crippen molar-refractivity contribution in [3.63, 3.8) is 0 Å². The van der Waals surface area contributed by atoms with E-state index in [-0.39, 0.29) is 11.8 Å². The first-order valence-electron chi connectivity index (χ1n) is 5.59. The molecule has 2 N–H and O–H groups in total. The van der Waals surface area contributed by atoms with Gasteiger partial charge in [0.25, 0.3) is 0 Å².